The molecule has 5 heteroatoms. The first-order chi connectivity index (χ1) is 34.7. The summed E-state index contributed by atoms with van der Waals surface area (Å²) >= 11 is 0. The molecule has 0 aliphatic heterocycles. The second-order valence-corrected chi connectivity index (χ2v) is 17.0. The van der Waals surface area contributed by atoms with Crippen LogP contribution >= 0.6 is 0 Å². The molecule has 1 unspecified atom stereocenters. The number of allylic oxidation sites excluding steroid dienone is 13. The lowest BCUT2D eigenvalue weighted by Gasteiger charge is -2.18. The Bertz CT molecular complexity index is 3440. The first-order valence-electron chi connectivity index (χ1n) is 24.0. The Morgan fingerprint density at radius 1 is 0.648 bits per heavy atom. The van der Waals surface area contributed by atoms with E-state index in [0.717, 1.165) is 112 Å². The van der Waals surface area contributed by atoms with Crippen LogP contribution in [0.3, 0.4) is 0 Å². The average Bonchev–Trinajstić information content (AvgIpc) is 3.96. The molecule has 0 amide bonds. The fourth-order valence-electron chi connectivity index (χ4n) is 8.44. The molecule has 0 aliphatic rings. The van der Waals surface area contributed by atoms with E-state index in [1.165, 1.54) is 5.56 Å². The molecule has 354 valence electrons. The molecule has 1 atom stereocenters. The van der Waals surface area contributed by atoms with Gasteiger partial charge in [0, 0.05) is 39.9 Å². The molecule has 8 rings (SSSR count). The van der Waals surface area contributed by atoms with E-state index in [-0.39, 0.29) is 6.04 Å². The second kappa shape index (κ2) is 24.7. The third-order valence-electron chi connectivity index (χ3n) is 12.3. The maximum Gasteiger partial charge on any atom is 0.139 e. The van der Waals surface area contributed by atoms with Crippen molar-refractivity contribution in [2.24, 2.45) is 10.7 Å². The molecule has 0 aliphatic carbocycles. The van der Waals surface area contributed by atoms with Gasteiger partial charge in [0.05, 0.1) is 11.7 Å². The number of aliphatic imine (C=N–C) groups is 1. The van der Waals surface area contributed by atoms with Crippen molar-refractivity contribution in [3.63, 3.8) is 0 Å². The minimum atomic E-state index is -0.0761. The number of nitrogens with zero attached hydrogens (tertiary/aromatic N) is 1. The van der Waals surface area contributed by atoms with E-state index in [2.05, 4.69) is 166 Å². The van der Waals surface area contributed by atoms with Crippen molar-refractivity contribution in [1.29, 1.82) is 0 Å². The van der Waals surface area contributed by atoms with Crippen LogP contribution in [-0.2, 0) is 6.42 Å². The number of nitrogens with one attached hydrogen (secondary N) is 1. The molecule has 0 fully saturated rings. The quantitative estimate of drug-likeness (QED) is 0.0664. The first-order valence-corrected chi connectivity index (χ1v) is 24.0. The zero-order valence-electron chi connectivity index (χ0n) is 41.4. The molecule has 5 nitrogen and oxygen atoms in total. The van der Waals surface area contributed by atoms with Crippen LogP contribution in [0, 0.1) is 0 Å². The van der Waals surface area contributed by atoms with Gasteiger partial charge in [0.2, 0.25) is 0 Å². The third-order valence-corrected chi connectivity index (χ3v) is 12.3. The van der Waals surface area contributed by atoms with Crippen LogP contribution in [0.15, 0.2) is 268 Å². The Kier molecular flexibility index (Phi) is 17.5. The topological polar surface area (TPSA) is 76.7 Å². The van der Waals surface area contributed by atoms with Crippen molar-refractivity contribution in [2.45, 2.75) is 40.2 Å². The van der Waals surface area contributed by atoms with Gasteiger partial charge in [-0.15, -0.1) is 0 Å². The highest BCUT2D eigenvalue weighted by atomic mass is 16.3. The fraction of sp³-hybridized carbons (Fsp3) is 0.106. The predicted molar refractivity (Wildman–Crippen MR) is 307 cm³/mol. The highest BCUT2D eigenvalue weighted by Gasteiger charge is 2.16. The van der Waals surface area contributed by atoms with Crippen LogP contribution in [-0.4, -0.2) is 13.3 Å². The van der Waals surface area contributed by atoms with E-state index in [9.17, 15) is 0 Å². The molecular formula is C66H63N3O2. The van der Waals surface area contributed by atoms with Gasteiger partial charge in [-0.3, -0.25) is 4.99 Å². The van der Waals surface area contributed by atoms with Gasteiger partial charge in [0.25, 0.3) is 0 Å². The Hall–Kier alpha value is -8.51. The summed E-state index contributed by atoms with van der Waals surface area (Å²) in [5, 5.41) is 7.98. The standard InChI is InChI=1S/C49H44N2O2.C17H19N/c1-6-32(5)24-34(8-3)38-20-22-40-42-28-43-41-23-21-39(27-47(41)53-49(43)30-48(42)52-46(40)26-38)35(9-4)25-33(7-2)31-51-45(37-18-14-11-15-19-37)29-44(50)36-16-12-10-13-17-36;1-4-9-16(10-5-2)17(18-3)14-13-15-11-7-6-8-12-15/h6-30,45,51H,1,4,31,50H2,2-3,5H3;4-12,14H,1,3,13H2,2H3/b32-24-,33-7+,34-8+,35-25+,44-29-;10-5-,16-9+,17-14-. The van der Waals surface area contributed by atoms with Gasteiger partial charge in [-0.1, -0.05) is 195 Å². The maximum atomic E-state index is 6.57. The van der Waals surface area contributed by atoms with Crippen molar-refractivity contribution < 1.29 is 8.83 Å². The lowest BCUT2D eigenvalue weighted by atomic mass is 9.99. The van der Waals surface area contributed by atoms with Crippen LogP contribution in [0.4, 0.5) is 0 Å². The predicted octanol–water partition coefficient (Wildman–Crippen LogP) is 17.4. The van der Waals surface area contributed by atoms with Gasteiger partial charge in [0.1, 0.15) is 22.3 Å². The summed E-state index contributed by atoms with van der Waals surface area (Å²) in [7, 11) is 0. The van der Waals surface area contributed by atoms with Gasteiger partial charge in [-0.25, -0.2) is 0 Å². The maximum absolute atomic E-state index is 6.57. The van der Waals surface area contributed by atoms with Gasteiger partial charge < -0.3 is 19.9 Å². The van der Waals surface area contributed by atoms with E-state index < -0.39 is 0 Å². The zero-order valence-corrected chi connectivity index (χ0v) is 41.4. The molecule has 6 aromatic carbocycles. The number of fused-ring (bicyclic) bond motifs is 6. The van der Waals surface area contributed by atoms with E-state index in [4.69, 9.17) is 14.6 Å². The molecular weight excluding hydrogens is 867 g/mol. The normalized spacial score (nSPS) is 13.7. The second-order valence-electron chi connectivity index (χ2n) is 17.0. The molecule has 2 heterocycles. The molecule has 8 aromatic rings. The Labute approximate surface area is 419 Å². The summed E-state index contributed by atoms with van der Waals surface area (Å²) in [6.45, 7) is 24.2. The highest BCUT2D eigenvalue weighted by molar-refractivity contribution is 6.15. The van der Waals surface area contributed by atoms with Gasteiger partial charge >= 0.3 is 0 Å². The number of rotatable bonds is 18. The summed E-state index contributed by atoms with van der Waals surface area (Å²) in [6, 6.07) is 47.7. The van der Waals surface area contributed by atoms with Gasteiger partial charge in [-0.2, -0.15) is 0 Å². The van der Waals surface area contributed by atoms with E-state index in [1.54, 1.807) is 6.08 Å². The minimum Gasteiger partial charge on any atom is -0.456 e. The Morgan fingerprint density at radius 3 is 1.79 bits per heavy atom. The number of hydrogen-bond acceptors (Lipinski definition) is 5. The third kappa shape index (κ3) is 12.6. The van der Waals surface area contributed by atoms with Crippen LogP contribution in [0.5, 0.6) is 0 Å². The summed E-state index contributed by atoms with van der Waals surface area (Å²) in [5.74, 6) is 0. The van der Waals surface area contributed by atoms with Gasteiger partial charge in [0.15, 0.2) is 0 Å². The lowest BCUT2D eigenvalue weighted by Crippen LogP contribution is -2.23. The highest BCUT2D eigenvalue weighted by Crippen LogP contribution is 2.38. The minimum absolute atomic E-state index is 0.0761. The van der Waals surface area contributed by atoms with Crippen LogP contribution in [0.25, 0.3) is 60.7 Å². The SMILES string of the molecule is C=C/C(C)=C\C(=C/C)c1ccc2c(c1)oc1cc3oc4cc(/C(C=C)=C/C(=C\C)CNC(/C=C(\N)c5ccccc5)c5ccccc5)ccc4c3cc12.C=C/C=C(\C=C/C)C(=C/Cc1ccccc1)/N=C. The van der Waals surface area contributed by atoms with Crippen molar-refractivity contribution in [1.82, 2.24) is 5.32 Å². The Morgan fingerprint density at radius 2 is 1.24 bits per heavy atom. The molecule has 0 radical (unpaired) electrons. The van der Waals surface area contributed by atoms with E-state index >= 15 is 0 Å². The summed E-state index contributed by atoms with van der Waals surface area (Å²) in [4.78, 5) is 4.08. The van der Waals surface area contributed by atoms with Crippen molar-refractivity contribution >= 4 is 67.4 Å². The first kappa shape index (κ1) is 50.4. The summed E-state index contributed by atoms with van der Waals surface area (Å²) < 4.78 is 12.9. The molecule has 71 heavy (non-hydrogen) atoms. The molecule has 0 spiro atoms. The molecule has 0 saturated heterocycles. The number of benzene rings is 6. The average molecular weight is 930 g/mol. The smallest absolute Gasteiger partial charge is 0.139 e. The molecule has 2 aromatic heterocycles. The summed E-state index contributed by atoms with van der Waals surface area (Å²) in [6.07, 6.45) is 25.0. The van der Waals surface area contributed by atoms with Gasteiger partial charge in [-0.05, 0) is 127 Å². The van der Waals surface area contributed by atoms with Crippen LogP contribution in [0.2, 0.25) is 0 Å². The number of hydrogen-bond donors (Lipinski definition) is 2. The Balaban J connectivity index is 0.000000348. The number of furan rings is 2. The van der Waals surface area contributed by atoms with Crippen molar-refractivity contribution in [3.8, 4) is 0 Å². The van der Waals surface area contributed by atoms with Crippen molar-refractivity contribution in [3.05, 3.63) is 282 Å². The van der Waals surface area contributed by atoms with Crippen molar-refractivity contribution in [2.75, 3.05) is 6.54 Å². The van der Waals surface area contributed by atoms with Crippen LogP contribution < -0.4 is 11.1 Å². The monoisotopic (exact) mass is 929 g/mol. The number of nitrogens with two attached hydrogens (primary N) is 1. The lowest BCUT2D eigenvalue weighted by molar-refractivity contribution is 0.656. The summed E-state index contributed by atoms with van der Waals surface area (Å²) in [5.41, 5.74) is 22.4. The fourth-order valence-corrected chi connectivity index (χ4v) is 8.44. The molecule has 3 N–H and O–H groups in total. The van der Waals surface area contributed by atoms with Crippen LogP contribution in [0.1, 0.15) is 61.6 Å². The zero-order chi connectivity index (χ0) is 50.1. The molecule has 0 saturated carbocycles. The van der Waals surface area contributed by atoms with E-state index in [1.807, 2.05) is 105 Å². The largest absolute Gasteiger partial charge is 0.456 e. The van der Waals surface area contributed by atoms with E-state index in [0.29, 0.717) is 6.54 Å². The molecule has 0 bridgehead atoms.